The molecule has 4 N–H and O–H groups in total. The van der Waals surface area contributed by atoms with Gasteiger partial charge in [0.05, 0.1) is 17.9 Å². The molecule has 2 rings (SSSR count). The largest absolute Gasteiger partial charge is 0.462 e. The van der Waals surface area contributed by atoms with Gasteiger partial charge in [0.25, 0.3) is 5.91 Å². The Balaban J connectivity index is 2.03. The molecule has 0 atom stereocenters. The fourth-order valence-electron chi connectivity index (χ4n) is 2.63. The Hall–Kier alpha value is -3.63. The first-order valence-electron chi connectivity index (χ1n) is 9.78. The second-order valence-electron chi connectivity index (χ2n) is 6.56. The molecule has 0 aliphatic rings. The minimum atomic E-state index is -0.616. The lowest BCUT2D eigenvalue weighted by Crippen LogP contribution is -2.19. The molecule has 0 spiro atoms. The van der Waals surface area contributed by atoms with Gasteiger partial charge >= 0.3 is 5.97 Å². The number of nitrogens with one attached hydrogen (secondary N) is 2. The molecule has 0 saturated heterocycles. The van der Waals surface area contributed by atoms with Gasteiger partial charge in [0.2, 0.25) is 0 Å². The number of amides is 1. The van der Waals surface area contributed by atoms with E-state index >= 15 is 0 Å². The Labute approximate surface area is 176 Å². The van der Waals surface area contributed by atoms with Gasteiger partial charge in [0.15, 0.2) is 0 Å². The molecule has 0 bridgehead atoms. The molecule has 2 aromatic rings. The molecule has 0 saturated carbocycles. The highest BCUT2D eigenvalue weighted by atomic mass is 16.5. The second kappa shape index (κ2) is 12.0. The minimum Gasteiger partial charge on any atom is -0.462 e. The van der Waals surface area contributed by atoms with Crippen LogP contribution >= 0.6 is 0 Å². The number of unbranched alkanes of at least 4 members (excludes halogenated alkanes) is 1. The van der Waals surface area contributed by atoms with Gasteiger partial charge in [0, 0.05) is 19.3 Å². The van der Waals surface area contributed by atoms with E-state index < -0.39 is 11.9 Å². The van der Waals surface area contributed by atoms with Crippen molar-refractivity contribution in [3.63, 3.8) is 0 Å². The lowest BCUT2D eigenvalue weighted by atomic mass is 10.1. The fourth-order valence-corrected chi connectivity index (χ4v) is 2.63. The Morgan fingerprint density at radius 3 is 2.67 bits per heavy atom. The highest BCUT2D eigenvalue weighted by Gasteiger charge is 2.16. The first-order chi connectivity index (χ1) is 14.6. The molecular formula is C23H26N4O3. The molecule has 1 amide bonds. The van der Waals surface area contributed by atoms with E-state index in [0.717, 1.165) is 24.0 Å². The van der Waals surface area contributed by atoms with E-state index in [9.17, 15) is 14.9 Å². The number of carbonyl (C=O) groups excluding carboxylic acids is 2. The second-order valence-corrected chi connectivity index (χ2v) is 6.56. The number of esters is 1. The van der Waals surface area contributed by atoms with Crippen molar-refractivity contribution >= 4 is 17.6 Å². The zero-order valence-electron chi connectivity index (χ0n) is 17.0. The molecule has 0 unspecified atom stereocenters. The smallest absolute Gasteiger partial charge is 0.340 e. The van der Waals surface area contributed by atoms with Crippen LogP contribution in [0, 0.1) is 11.3 Å². The van der Waals surface area contributed by atoms with Crippen molar-refractivity contribution in [3.05, 3.63) is 77.0 Å². The molecule has 0 radical (unpaired) electrons. The van der Waals surface area contributed by atoms with Crippen LogP contribution in [0.25, 0.3) is 0 Å². The third-order valence-corrected chi connectivity index (χ3v) is 4.27. The molecule has 0 heterocycles. The maximum atomic E-state index is 12.5. The molecular weight excluding hydrogens is 380 g/mol. The monoisotopic (exact) mass is 406 g/mol. The zero-order chi connectivity index (χ0) is 21.8. The van der Waals surface area contributed by atoms with E-state index in [1.807, 2.05) is 37.3 Å². The van der Waals surface area contributed by atoms with Gasteiger partial charge in [-0.05, 0) is 29.7 Å². The van der Waals surface area contributed by atoms with Crippen molar-refractivity contribution in [1.29, 1.82) is 5.26 Å². The highest BCUT2D eigenvalue weighted by molar-refractivity contribution is 6.09. The van der Waals surface area contributed by atoms with Crippen LogP contribution in [0.3, 0.4) is 0 Å². The average Bonchev–Trinajstić information content (AvgIpc) is 2.77. The van der Waals surface area contributed by atoms with E-state index in [-0.39, 0.29) is 11.1 Å². The van der Waals surface area contributed by atoms with E-state index in [0.29, 0.717) is 25.4 Å². The Bertz CT molecular complexity index is 947. The zero-order valence-corrected chi connectivity index (χ0v) is 17.0. The summed E-state index contributed by atoms with van der Waals surface area (Å²) in [7, 11) is 0. The normalized spacial score (nSPS) is 10.8. The molecule has 0 fully saturated rings. The van der Waals surface area contributed by atoms with Gasteiger partial charge < -0.3 is 21.1 Å². The number of nitriles is 1. The highest BCUT2D eigenvalue weighted by Crippen LogP contribution is 2.17. The molecule has 2 aromatic carbocycles. The van der Waals surface area contributed by atoms with E-state index in [4.69, 9.17) is 10.5 Å². The predicted molar refractivity (Wildman–Crippen MR) is 115 cm³/mol. The van der Waals surface area contributed by atoms with Crippen LogP contribution in [0.4, 0.5) is 5.69 Å². The number of carbonyl (C=O) groups is 2. The van der Waals surface area contributed by atoms with Crippen LogP contribution in [0.1, 0.15) is 41.3 Å². The third kappa shape index (κ3) is 6.76. The van der Waals surface area contributed by atoms with Gasteiger partial charge in [-0.1, -0.05) is 49.7 Å². The first kappa shape index (κ1) is 22.7. The van der Waals surface area contributed by atoms with Crippen molar-refractivity contribution in [1.82, 2.24) is 5.32 Å². The standard InChI is InChI=1S/C23H26N4O3/c1-2-3-11-30-23(29)20-9-4-5-10-21(20)27-22(28)19(14-25)16-26-15-18-8-6-7-17(12-18)13-24/h4-10,12,16,26H,2-3,11,13,15,24H2,1H3,(H,27,28)/b19-16-. The summed E-state index contributed by atoms with van der Waals surface area (Å²) in [5.41, 5.74) is 8.04. The predicted octanol–water partition coefficient (Wildman–Crippen LogP) is 3.24. The van der Waals surface area contributed by atoms with Crippen LogP contribution in [-0.4, -0.2) is 18.5 Å². The van der Waals surface area contributed by atoms with Crippen molar-refractivity contribution in [2.45, 2.75) is 32.9 Å². The van der Waals surface area contributed by atoms with Crippen LogP contribution in [-0.2, 0) is 22.6 Å². The van der Waals surface area contributed by atoms with Crippen molar-refractivity contribution in [2.24, 2.45) is 5.73 Å². The van der Waals surface area contributed by atoms with Gasteiger partial charge in [-0.3, -0.25) is 4.79 Å². The summed E-state index contributed by atoms with van der Waals surface area (Å²) in [6.45, 7) is 3.19. The van der Waals surface area contributed by atoms with E-state index in [2.05, 4.69) is 10.6 Å². The maximum absolute atomic E-state index is 12.5. The lowest BCUT2D eigenvalue weighted by molar-refractivity contribution is -0.112. The maximum Gasteiger partial charge on any atom is 0.340 e. The number of ether oxygens (including phenoxy) is 1. The van der Waals surface area contributed by atoms with Gasteiger partial charge in [0.1, 0.15) is 11.6 Å². The number of rotatable bonds is 10. The summed E-state index contributed by atoms with van der Waals surface area (Å²) in [5, 5.41) is 14.9. The molecule has 30 heavy (non-hydrogen) atoms. The summed E-state index contributed by atoms with van der Waals surface area (Å²) in [5.74, 6) is -1.13. The van der Waals surface area contributed by atoms with Crippen LogP contribution in [0.15, 0.2) is 60.3 Å². The van der Waals surface area contributed by atoms with Gasteiger partial charge in [-0.2, -0.15) is 5.26 Å². The number of nitrogens with zero attached hydrogens (tertiary/aromatic N) is 1. The summed E-state index contributed by atoms with van der Waals surface area (Å²) in [4.78, 5) is 24.8. The summed E-state index contributed by atoms with van der Waals surface area (Å²) >= 11 is 0. The molecule has 7 nitrogen and oxygen atoms in total. The van der Waals surface area contributed by atoms with E-state index in [1.165, 1.54) is 6.20 Å². The molecule has 0 aromatic heterocycles. The number of hydrogen-bond acceptors (Lipinski definition) is 6. The molecule has 156 valence electrons. The third-order valence-electron chi connectivity index (χ3n) is 4.27. The Kier molecular flexibility index (Phi) is 9.10. The van der Waals surface area contributed by atoms with Crippen molar-refractivity contribution in [3.8, 4) is 6.07 Å². The quantitative estimate of drug-likeness (QED) is 0.241. The fraction of sp³-hybridized carbons (Fsp3) is 0.261. The summed E-state index contributed by atoms with van der Waals surface area (Å²) < 4.78 is 5.22. The van der Waals surface area contributed by atoms with Crippen LogP contribution in [0.5, 0.6) is 0 Å². The van der Waals surface area contributed by atoms with Crippen molar-refractivity contribution in [2.75, 3.05) is 11.9 Å². The van der Waals surface area contributed by atoms with Gasteiger partial charge in [-0.15, -0.1) is 0 Å². The topological polar surface area (TPSA) is 117 Å². The molecule has 0 aliphatic heterocycles. The number of para-hydroxylation sites is 1. The molecule has 7 heteroatoms. The Morgan fingerprint density at radius 2 is 1.93 bits per heavy atom. The number of hydrogen-bond donors (Lipinski definition) is 3. The van der Waals surface area contributed by atoms with E-state index in [1.54, 1.807) is 24.3 Å². The summed E-state index contributed by atoms with van der Waals surface area (Å²) in [6.07, 6.45) is 3.03. The van der Waals surface area contributed by atoms with Crippen LogP contribution < -0.4 is 16.4 Å². The summed E-state index contributed by atoms with van der Waals surface area (Å²) in [6, 6.07) is 16.1. The number of nitrogens with two attached hydrogens (primary N) is 1. The number of benzene rings is 2. The SMILES string of the molecule is CCCCOC(=O)c1ccccc1NC(=O)/C(C#N)=C\NCc1cccc(CN)c1. The lowest BCUT2D eigenvalue weighted by Gasteiger charge is -2.11. The van der Waals surface area contributed by atoms with Gasteiger partial charge in [-0.25, -0.2) is 4.79 Å². The van der Waals surface area contributed by atoms with Crippen LogP contribution in [0.2, 0.25) is 0 Å². The van der Waals surface area contributed by atoms with Crippen molar-refractivity contribution < 1.29 is 14.3 Å². The molecule has 0 aliphatic carbocycles. The Morgan fingerprint density at radius 1 is 1.17 bits per heavy atom. The average molecular weight is 406 g/mol. The minimum absolute atomic E-state index is 0.112. The number of anilines is 1. The first-order valence-corrected chi connectivity index (χ1v) is 9.78.